The van der Waals surface area contributed by atoms with Crippen LogP contribution in [-0.2, 0) is 4.79 Å². The first-order chi connectivity index (χ1) is 9.02. The summed E-state index contributed by atoms with van der Waals surface area (Å²) in [6.07, 6.45) is 1.82. The molecule has 0 spiro atoms. The Kier molecular flexibility index (Phi) is 4.24. The molecule has 1 aromatic rings. The molecule has 0 unspecified atom stereocenters. The van der Waals surface area contributed by atoms with Crippen molar-refractivity contribution in [3.05, 3.63) is 21.9 Å². The Morgan fingerprint density at radius 1 is 1.42 bits per heavy atom. The molecule has 0 aliphatic carbocycles. The second-order valence-corrected chi connectivity index (χ2v) is 6.40. The van der Waals surface area contributed by atoms with Crippen LogP contribution in [0.4, 0.5) is 0 Å². The van der Waals surface area contributed by atoms with Gasteiger partial charge in [-0.2, -0.15) is 0 Å². The van der Waals surface area contributed by atoms with Crippen LogP contribution in [-0.4, -0.2) is 35.0 Å². The van der Waals surface area contributed by atoms with Gasteiger partial charge >= 0.3 is 5.97 Å². The molecule has 2 heterocycles. The number of likely N-dealkylation sites (tertiary alicyclic amines) is 1. The molecule has 4 nitrogen and oxygen atoms in total. The average Bonchev–Trinajstić information content (AvgIpc) is 2.95. The molecular weight excluding hydrogens is 262 g/mol. The molecule has 1 aliphatic rings. The van der Waals surface area contributed by atoms with Crippen LogP contribution in [0.25, 0.3) is 0 Å². The highest BCUT2D eigenvalue weighted by Crippen LogP contribution is 2.29. The van der Waals surface area contributed by atoms with Crippen molar-refractivity contribution < 1.29 is 14.7 Å². The number of nitrogens with zero attached hydrogens (tertiary/aromatic N) is 1. The van der Waals surface area contributed by atoms with Crippen LogP contribution in [0.1, 0.15) is 34.3 Å². The molecule has 2 rings (SSSR count). The normalized spacial score (nSPS) is 22.7. The molecule has 0 aromatic carbocycles. The van der Waals surface area contributed by atoms with E-state index < -0.39 is 11.9 Å². The first-order valence-corrected chi connectivity index (χ1v) is 7.43. The highest BCUT2D eigenvalue weighted by atomic mass is 32.1. The third-order valence-electron chi connectivity index (χ3n) is 3.66. The topological polar surface area (TPSA) is 57.6 Å². The summed E-state index contributed by atoms with van der Waals surface area (Å²) in [4.78, 5) is 27.1. The lowest BCUT2D eigenvalue weighted by Gasteiger charge is -2.14. The lowest BCUT2D eigenvalue weighted by Crippen LogP contribution is -2.29. The summed E-state index contributed by atoms with van der Waals surface area (Å²) in [5.74, 6) is -1.13. The van der Waals surface area contributed by atoms with Gasteiger partial charge in [0, 0.05) is 18.0 Å². The molecule has 0 radical (unpaired) electrons. The van der Waals surface area contributed by atoms with Crippen LogP contribution in [0, 0.1) is 18.8 Å². The molecule has 1 aromatic heterocycles. The maximum Gasteiger partial charge on any atom is 0.308 e. The van der Waals surface area contributed by atoms with Crippen LogP contribution in [0.15, 0.2) is 12.1 Å². The number of carbonyl (C=O) groups excluding carboxylic acids is 1. The second-order valence-electron chi connectivity index (χ2n) is 5.11. The van der Waals surface area contributed by atoms with Gasteiger partial charge in [0.1, 0.15) is 0 Å². The van der Waals surface area contributed by atoms with Gasteiger partial charge in [0.2, 0.25) is 0 Å². The molecule has 1 fully saturated rings. The standard InChI is InChI=1S/C14H19NO3S/c1-3-4-10-7-15(8-11(10)14(17)18)13(16)12-6-5-9(2)19-12/h5-6,10-11H,3-4,7-8H2,1-2H3,(H,17,18)/t10-,11-/m0/s1. The SMILES string of the molecule is CCC[C@H]1CN(C(=O)c2ccc(C)s2)C[C@@H]1C(=O)O. The van der Waals surface area contributed by atoms with Crippen molar-refractivity contribution in [2.45, 2.75) is 26.7 Å². The van der Waals surface area contributed by atoms with Gasteiger partial charge in [0.25, 0.3) is 5.91 Å². The Balaban J connectivity index is 2.10. The van der Waals surface area contributed by atoms with Crippen LogP contribution < -0.4 is 0 Å². The summed E-state index contributed by atoms with van der Waals surface area (Å²) >= 11 is 1.47. The number of hydrogen-bond donors (Lipinski definition) is 1. The van der Waals surface area contributed by atoms with E-state index in [0.29, 0.717) is 18.0 Å². The molecule has 0 saturated carbocycles. The van der Waals surface area contributed by atoms with E-state index in [-0.39, 0.29) is 11.8 Å². The van der Waals surface area contributed by atoms with E-state index in [1.807, 2.05) is 26.0 Å². The van der Waals surface area contributed by atoms with E-state index in [1.54, 1.807) is 4.90 Å². The first-order valence-electron chi connectivity index (χ1n) is 6.61. The van der Waals surface area contributed by atoms with Crippen molar-refractivity contribution in [1.29, 1.82) is 0 Å². The predicted molar refractivity (Wildman–Crippen MR) is 74.5 cm³/mol. The molecule has 1 N–H and O–H groups in total. The van der Waals surface area contributed by atoms with Gasteiger partial charge in [-0.3, -0.25) is 9.59 Å². The number of carboxylic acids is 1. The summed E-state index contributed by atoms with van der Waals surface area (Å²) in [5.41, 5.74) is 0. The lowest BCUT2D eigenvalue weighted by molar-refractivity contribution is -0.142. The molecule has 0 bridgehead atoms. The summed E-state index contributed by atoms with van der Waals surface area (Å²) in [6.45, 7) is 4.92. The zero-order chi connectivity index (χ0) is 14.0. The number of carbonyl (C=O) groups is 2. The Morgan fingerprint density at radius 2 is 2.16 bits per heavy atom. The third kappa shape index (κ3) is 2.97. The van der Waals surface area contributed by atoms with Gasteiger partial charge in [-0.05, 0) is 31.4 Å². The summed E-state index contributed by atoms with van der Waals surface area (Å²) in [7, 11) is 0. The smallest absolute Gasteiger partial charge is 0.308 e. The second kappa shape index (κ2) is 5.74. The van der Waals surface area contributed by atoms with E-state index in [1.165, 1.54) is 11.3 Å². The lowest BCUT2D eigenvalue weighted by atomic mass is 9.92. The summed E-state index contributed by atoms with van der Waals surface area (Å²) < 4.78 is 0. The highest BCUT2D eigenvalue weighted by Gasteiger charge is 2.39. The van der Waals surface area contributed by atoms with E-state index in [0.717, 1.165) is 17.7 Å². The fraction of sp³-hybridized carbons (Fsp3) is 0.571. The minimum atomic E-state index is -0.781. The number of thiophene rings is 1. The number of carboxylic acid groups (broad SMARTS) is 1. The largest absolute Gasteiger partial charge is 0.481 e. The minimum absolute atomic E-state index is 0.0250. The van der Waals surface area contributed by atoms with E-state index >= 15 is 0 Å². The molecule has 104 valence electrons. The van der Waals surface area contributed by atoms with Gasteiger partial charge in [-0.1, -0.05) is 13.3 Å². The van der Waals surface area contributed by atoms with E-state index in [4.69, 9.17) is 0 Å². The first kappa shape index (κ1) is 14.1. The molecule has 1 saturated heterocycles. The Hall–Kier alpha value is -1.36. The zero-order valence-corrected chi connectivity index (χ0v) is 12.1. The summed E-state index contributed by atoms with van der Waals surface area (Å²) in [5, 5.41) is 9.25. The third-order valence-corrected chi connectivity index (χ3v) is 4.64. The van der Waals surface area contributed by atoms with Crippen LogP contribution in [0.5, 0.6) is 0 Å². The van der Waals surface area contributed by atoms with Gasteiger partial charge in [0.15, 0.2) is 0 Å². The number of aryl methyl sites for hydroxylation is 1. The minimum Gasteiger partial charge on any atom is -0.481 e. The highest BCUT2D eigenvalue weighted by molar-refractivity contribution is 7.13. The molecule has 1 aliphatic heterocycles. The van der Waals surface area contributed by atoms with Crippen molar-refractivity contribution >= 4 is 23.2 Å². The molecule has 5 heteroatoms. The van der Waals surface area contributed by atoms with Crippen molar-refractivity contribution in [1.82, 2.24) is 4.90 Å². The fourth-order valence-electron chi connectivity index (χ4n) is 2.69. The summed E-state index contributed by atoms with van der Waals surface area (Å²) in [6, 6.07) is 3.75. The Bertz CT molecular complexity index is 483. The van der Waals surface area contributed by atoms with Crippen molar-refractivity contribution in [2.75, 3.05) is 13.1 Å². The molecule has 1 amide bonds. The molecule has 2 atom stereocenters. The Labute approximate surface area is 117 Å². The quantitative estimate of drug-likeness (QED) is 0.923. The number of amides is 1. The van der Waals surface area contributed by atoms with E-state index in [9.17, 15) is 14.7 Å². The molecule has 19 heavy (non-hydrogen) atoms. The van der Waals surface area contributed by atoms with Crippen LogP contribution >= 0.6 is 11.3 Å². The fourth-order valence-corrected chi connectivity index (χ4v) is 3.52. The van der Waals surface area contributed by atoms with Crippen LogP contribution in [0.3, 0.4) is 0 Å². The number of hydrogen-bond acceptors (Lipinski definition) is 3. The zero-order valence-electron chi connectivity index (χ0n) is 11.3. The maximum absolute atomic E-state index is 12.3. The maximum atomic E-state index is 12.3. The predicted octanol–water partition coefficient (Wildman–Crippen LogP) is 2.63. The van der Waals surface area contributed by atoms with Gasteiger partial charge < -0.3 is 10.0 Å². The number of aliphatic carboxylic acids is 1. The van der Waals surface area contributed by atoms with Gasteiger partial charge in [0.05, 0.1) is 10.8 Å². The van der Waals surface area contributed by atoms with Gasteiger partial charge in [-0.15, -0.1) is 11.3 Å². The van der Waals surface area contributed by atoms with E-state index in [2.05, 4.69) is 0 Å². The van der Waals surface area contributed by atoms with Gasteiger partial charge in [-0.25, -0.2) is 0 Å². The van der Waals surface area contributed by atoms with Crippen molar-refractivity contribution in [3.63, 3.8) is 0 Å². The van der Waals surface area contributed by atoms with Crippen LogP contribution in [0.2, 0.25) is 0 Å². The monoisotopic (exact) mass is 281 g/mol. The number of rotatable bonds is 4. The average molecular weight is 281 g/mol. The van der Waals surface area contributed by atoms with Crippen molar-refractivity contribution in [3.8, 4) is 0 Å². The van der Waals surface area contributed by atoms with Crippen molar-refractivity contribution in [2.24, 2.45) is 11.8 Å². The molecular formula is C14H19NO3S. The Morgan fingerprint density at radius 3 is 2.68 bits per heavy atom.